The highest BCUT2D eigenvalue weighted by Crippen LogP contribution is 2.34. The molecule has 1 aromatic heterocycles. The number of ether oxygens (including phenoxy) is 1. The molecule has 0 saturated carbocycles. The van der Waals surface area contributed by atoms with Gasteiger partial charge in [0.2, 0.25) is 5.91 Å². The summed E-state index contributed by atoms with van der Waals surface area (Å²) in [6, 6.07) is 4.53. The summed E-state index contributed by atoms with van der Waals surface area (Å²) in [4.78, 5) is 25.4. The number of carbonyl (C=O) groups excluding carboxylic acids is 1. The molecule has 1 amide bonds. The first-order chi connectivity index (χ1) is 13.2. The Morgan fingerprint density at radius 2 is 2.11 bits per heavy atom. The number of H-pyrrole nitrogens is 1. The number of benzene rings is 1. The second-order valence-electron chi connectivity index (χ2n) is 7.58. The summed E-state index contributed by atoms with van der Waals surface area (Å²) in [5, 5.41) is 0. The van der Waals surface area contributed by atoms with Crippen molar-refractivity contribution in [1.82, 2.24) is 19.8 Å². The van der Waals surface area contributed by atoms with Gasteiger partial charge < -0.3 is 19.5 Å². The Kier molecular flexibility index (Phi) is 5.41. The fraction of sp³-hybridized carbons (Fsp3) is 0.600. The zero-order valence-corrected chi connectivity index (χ0v) is 15.8. The Morgan fingerprint density at radius 3 is 2.89 bits per heavy atom. The van der Waals surface area contributed by atoms with Crippen LogP contribution in [0.15, 0.2) is 18.2 Å². The van der Waals surface area contributed by atoms with Crippen LogP contribution in [0, 0.1) is 11.7 Å². The molecule has 1 aromatic carbocycles. The summed E-state index contributed by atoms with van der Waals surface area (Å²) in [5.74, 6) is 0.831. The average Bonchev–Trinajstić information content (AvgIpc) is 3.32. The lowest BCUT2D eigenvalue weighted by Gasteiger charge is -2.34. The number of likely N-dealkylation sites (tertiary alicyclic amines) is 2. The normalized spacial score (nSPS) is 22.0. The van der Waals surface area contributed by atoms with Crippen LogP contribution in [0.5, 0.6) is 0 Å². The molecule has 2 fully saturated rings. The second kappa shape index (κ2) is 7.94. The molecule has 2 aromatic rings. The van der Waals surface area contributed by atoms with Gasteiger partial charge in [-0.3, -0.25) is 4.79 Å². The average molecular weight is 374 g/mol. The lowest BCUT2D eigenvalue weighted by molar-refractivity contribution is -0.138. The minimum Gasteiger partial charge on any atom is -0.383 e. The van der Waals surface area contributed by atoms with Crippen molar-refractivity contribution in [3.8, 4) is 0 Å². The van der Waals surface area contributed by atoms with E-state index in [1.807, 2.05) is 4.90 Å². The molecule has 2 saturated heterocycles. The summed E-state index contributed by atoms with van der Waals surface area (Å²) in [5.41, 5.74) is 1.44. The predicted molar refractivity (Wildman–Crippen MR) is 101 cm³/mol. The van der Waals surface area contributed by atoms with Gasteiger partial charge in [0.15, 0.2) is 0 Å². The number of aromatic amines is 1. The minimum absolute atomic E-state index is 0.0283. The van der Waals surface area contributed by atoms with E-state index in [4.69, 9.17) is 4.74 Å². The van der Waals surface area contributed by atoms with E-state index in [2.05, 4.69) is 14.9 Å². The van der Waals surface area contributed by atoms with Crippen molar-refractivity contribution in [3.63, 3.8) is 0 Å². The van der Waals surface area contributed by atoms with Crippen molar-refractivity contribution in [3.05, 3.63) is 29.8 Å². The highest BCUT2D eigenvalue weighted by molar-refractivity contribution is 5.80. The molecule has 146 valence electrons. The van der Waals surface area contributed by atoms with Crippen LogP contribution >= 0.6 is 0 Å². The van der Waals surface area contributed by atoms with Gasteiger partial charge in [-0.2, -0.15) is 0 Å². The number of rotatable bonds is 5. The number of carbonyl (C=O) groups is 1. The first-order valence-electron chi connectivity index (χ1n) is 9.82. The number of piperidine rings is 1. The van der Waals surface area contributed by atoms with Gasteiger partial charge in [-0.15, -0.1) is 0 Å². The van der Waals surface area contributed by atoms with Crippen LogP contribution < -0.4 is 0 Å². The van der Waals surface area contributed by atoms with E-state index in [9.17, 15) is 9.18 Å². The first-order valence-corrected chi connectivity index (χ1v) is 9.82. The maximum Gasteiger partial charge on any atom is 0.226 e. The Morgan fingerprint density at radius 1 is 1.30 bits per heavy atom. The van der Waals surface area contributed by atoms with Crippen molar-refractivity contribution in [1.29, 1.82) is 0 Å². The third-order valence-electron chi connectivity index (χ3n) is 5.86. The fourth-order valence-electron chi connectivity index (χ4n) is 4.33. The number of methoxy groups -OCH3 is 1. The Bertz CT molecular complexity index is 800. The van der Waals surface area contributed by atoms with Gasteiger partial charge in [-0.25, -0.2) is 9.37 Å². The highest BCUT2D eigenvalue weighted by Gasteiger charge is 2.36. The standard InChI is InChI=1S/C20H27FN4O2/c1-27-12-11-24-9-6-14(7-10-24)20(26)25-8-2-3-18(25)19-22-16-5-4-15(21)13-17(16)23-19/h4-5,13-14,18H,2-3,6-12H2,1H3,(H,22,23). The summed E-state index contributed by atoms with van der Waals surface area (Å²) >= 11 is 0. The third kappa shape index (κ3) is 3.84. The SMILES string of the molecule is COCCN1CCC(C(=O)N2CCCC2c2nc3ccc(F)cc3[nH]2)CC1. The molecule has 3 heterocycles. The number of aromatic nitrogens is 2. The van der Waals surface area contributed by atoms with E-state index in [1.54, 1.807) is 13.2 Å². The Balaban J connectivity index is 1.44. The highest BCUT2D eigenvalue weighted by atomic mass is 19.1. The van der Waals surface area contributed by atoms with Crippen LogP contribution in [0.2, 0.25) is 0 Å². The molecule has 1 unspecified atom stereocenters. The van der Waals surface area contributed by atoms with Crippen LogP contribution in [0.3, 0.4) is 0 Å². The van der Waals surface area contributed by atoms with E-state index in [0.29, 0.717) is 5.52 Å². The molecule has 4 rings (SSSR count). The van der Waals surface area contributed by atoms with Crippen LogP contribution in [0.4, 0.5) is 4.39 Å². The molecule has 0 radical (unpaired) electrons. The van der Waals surface area contributed by atoms with Gasteiger partial charge in [-0.1, -0.05) is 0 Å². The van der Waals surface area contributed by atoms with Gasteiger partial charge in [0, 0.05) is 26.1 Å². The summed E-state index contributed by atoms with van der Waals surface area (Å²) < 4.78 is 18.6. The van der Waals surface area contributed by atoms with Crippen molar-refractivity contribution in [2.24, 2.45) is 5.92 Å². The number of hydrogen-bond acceptors (Lipinski definition) is 4. The molecule has 2 aliphatic rings. The molecule has 0 bridgehead atoms. The molecule has 0 aliphatic carbocycles. The van der Waals surface area contributed by atoms with Gasteiger partial charge in [0.25, 0.3) is 0 Å². The largest absolute Gasteiger partial charge is 0.383 e. The quantitative estimate of drug-likeness (QED) is 0.874. The van der Waals surface area contributed by atoms with E-state index < -0.39 is 0 Å². The number of nitrogens with one attached hydrogen (secondary N) is 1. The molecule has 1 N–H and O–H groups in total. The number of fused-ring (bicyclic) bond motifs is 1. The maximum atomic E-state index is 13.5. The van der Waals surface area contributed by atoms with Crippen molar-refractivity contribution >= 4 is 16.9 Å². The van der Waals surface area contributed by atoms with Crippen LogP contribution in [0.25, 0.3) is 11.0 Å². The molecule has 7 heteroatoms. The van der Waals surface area contributed by atoms with Crippen molar-refractivity contribution < 1.29 is 13.9 Å². The van der Waals surface area contributed by atoms with Crippen LogP contribution in [0.1, 0.15) is 37.5 Å². The van der Waals surface area contributed by atoms with E-state index in [1.165, 1.54) is 12.1 Å². The van der Waals surface area contributed by atoms with E-state index >= 15 is 0 Å². The molecule has 2 aliphatic heterocycles. The van der Waals surface area contributed by atoms with Gasteiger partial charge in [0.1, 0.15) is 11.6 Å². The molecule has 27 heavy (non-hydrogen) atoms. The molecular weight excluding hydrogens is 347 g/mol. The van der Waals surface area contributed by atoms with E-state index in [-0.39, 0.29) is 23.7 Å². The zero-order valence-electron chi connectivity index (χ0n) is 15.8. The lowest BCUT2D eigenvalue weighted by Crippen LogP contribution is -2.43. The van der Waals surface area contributed by atoms with Gasteiger partial charge in [0.05, 0.1) is 23.7 Å². The van der Waals surface area contributed by atoms with Crippen molar-refractivity contribution in [2.45, 2.75) is 31.7 Å². The van der Waals surface area contributed by atoms with Crippen LogP contribution in [-0.4, -0.2) is 65.6 Å². The minimum atomic E-state index is -0.280. The summed E-state index contributed by atoms with van der Waals surface area (Å²) in [6.45, 7) is 4.34. The third-order valence-corrected chi connectivity index (χ3v) is 5.86. The number of halogens is 1. The molecule has 1 atom stereocenters. The first kappa shape index (κ1) is 18.4. The topological polar surface area (TPSA) is 61.5 Å². The number of imidazole rings is 1. The zero-order chi connectivity index (χ0) is 18.8. The van der Waals surface area contributed by atoms with E-state index in [0.717, 1.165) is 69.8 Å². The Labute approximate surface area is 158 Å². The van der Waals surface area contributed by atoms with Gasteiger partial charge in [-0.05, 0) is 57.0 Å². The molecule has 6 nitrogen and oxygen atoms in total. The molecule has 0 spiro atoms. The fourth-order valence-corrected chi connectivity index (χ4v) is 4.33. The number of nitrogens with zero attached hydrogens (tertiary/aromatic N) is 3. The summed E-state index contributed by atoms with van der Waals surface area (Å²) in [7, 11) is 1.72. The monoisotopic (exact) mass is 374 g/mol. The lowest BCUT2D eigenvalue weighted by atomic mass is 9.95. The second-order valence-corrected chi connectivity index (χ2v) is 7.58. The number of hydrogen-bond donors (Lipinski definition) is 1. The number of amides is 1. The smallest absolute Gasteiger partial charge is 0.226 e. The van der Waals surface area contributed by atoms with Crippen LogP contribution in [-0.2, 0) is 9.53 Å². The maximum absolute atomic E-state index is 13.5. The Hall–Kier alpha value is -1.99. The summed E-state index contributed by atoms with van der Waals surface area (Å²) in [6.07, 6.45) is 3.68. The molecular formula is C20H27FN4O2. The predicted octanol–water partition coefficient (Wildman–Crippen LogP) is 2.72. The van der Waals surface area contributed by atoms with Gasteiger partial charge >= 0.3 is 0 Å². The van der Waals surface area contributed by atoms with Crippen molar-refractivity contribution in [2.75, 3.05) is 39.9 Å².